The average Bonchev–Trinajstić information content (AvgIpc) is 2.47. The Labute approximate surface area is 116 Å². The molecule has 1 amide bonds. The molecule has 0 radical (unpaired) electrons. The van der Waals surface area contributed by atoms with E-state index >= 15 is 0 Å². The number of piperazine rings is 1. The molecule has 2 rings (SSSR count). The van der Waals surface area contributed by atoms with Gasteiger partial charge in [0.15, 0.2) is 0 Å². The molecule has 2 aliphatic rings. The largest absolute Gasteiger partial charge is 0.379 e. The van der Waals surface area contributed by atoms with Gasteiger partial charge in [-0.1, -0.05) is 6.92 Å². The third-order valence-corrected chi connectivity index (χ3v) is 4.01. The standard InChI is InChI=1S/C14H27N3O2/c1-2-4-15-6-8-17(9-7-15)14(18)3-5-16-10-12-19-13-11-16/h2-13H2,1H3. The predicted molar refractivity (Wildman–Crippen MR) is 75.2 cm³/mol. The van der Waals surface area contributed by atoms with Crippen molar-refractivity contribution in [3.63, 3.8) is 0 Å². The highest BCUT2D eigenvalue weighted by atomic mass is 16.5. The average molecular weight is 269 g/mol. The van der Waals surface area contributed by atoms with Crippen molar-refractivity contribution in [1.29, 1.82) is 0 Å². The molecule has 2 heterocycles. The van der Waals surface area contributed by atoms with E-state index in [2.05, 4.69) is 16.7 Å². The Morgan fingerprint density at radius 2 is 1.58 bits per heavy atom. The molecule has 5 nitrogen and oxygen atoms in total. The normalized spacial score (nSPS) is 22.7. The summed E-state index contributed by atoms with van der Waals surface area (Å²) in [5.41, 5.74) is 0. The van der Waals surface area contributed by atoms with E-state index in [9.17, 15) is 4.79 Å². The summed E-state index contributed by atoms with van der Waals surface area (Å²) in [5, 5.41) is 0. The van der Waals surface area contributed by atoms with Crippen molar-refractivity contribution in [2.75, 3.05) is 65.6 Å². The van der Waals surface area contributed by atoms with Crippen LogP contribution in [0.15, 0.2) is 0 Å². The SMILES string of the molecule is CCCN1CCN(C(=O)CCN2CCOCC2)CC1. The van der Waals surface area contributed by atoms with Crippen LogP contribution >= 0.6 is 0 Å². The summed E-state index contributed by atoms with van der Waals surface area (Å²) in [6.07, 6.45) is 1.86. The number of morpholine rings is 1. The number of amides is 1. The third kappa shape index (κ3) is 4.75. The van der Waals surface area contributed by atoms with Crippen LogP contribution in [0.4, 0.5) is 0 Å². The van der Waals surface area contributed by atoms with Gasteiger partial charge in [0.1, 0.15) is 0 Å². The maximum absolute atomic E-state index is 12.2. The summed E-state index contributed by atoms with van der Waals surface area (Å²) in [6, 6.07) is 0. The van der Waals surface area contributed by atoms with Crippen molar-refractivity contribution >= 4 is 5.91 Å². The summed E-state index contributed by atoms with van der Waals surface area (Å²) in [6.45, 7) is 11.7. The van der Waals surface area contributed by atoms with Crippen molar-refractivity contribution in [2.24, 2.45) is 0 Å². The molecule has 0 aromatic carbocycles. The first kappa shape index (κ1) is 14.8. The molecule has 0 aliphatic carbocycles. The maximum Gasteiger partial charge on any atom is 0.223 e. The van der Waals surface area contributed by atoms with Crippen LogP contribution in [-0.4, -0.2) is 86.2 Å². The molecule has 2 aliphatic heterocycles. The first-order chi connectivity index (χ1) is 9.29. The van der Waals surface area contributed by atoms with Gasteiger partial charge in [0.2, 0.25) is 5.91 Å². The van der Waals surface area contributed by atoms with Gasteiger partial charge >= 0.3 is 0 Å². The van der Waals surface area contributed by atoms with Crippen LogP contribution in [0.5, 0.6) is 0 Å². The fourth-order valence-corrected chi connectivity index (χ4v) is 2.77. The maximum atomic E-state index is 12.2. The van der Waals surface area contributed by atoms with Crippen molar-refractivity contribution in [3.8, 4) is 0 Å². The molecule has 0 aromatic heterocycles. The monoisotopic (exact) mass is 269 g/mol. The molecule has 110 valence electrons. The molecule has 0 spiro atoms. The highest BCUT2D eigenvalue weighted by molar-refractivity contribution is 5.76. The Hall–Kier alpha value is -0.650. The first-order valence-electron chi connectivity index (χ1n) is 7.60. The van der Waals surface area contributed by atoms with E-state index in [1.54, 1.807) is 0 Å². The van der Waals surface area contributed by atoms with E-state index in [-0.39, 0.29) is 0 Å². The van der Waals surface area contributed by atoms with Crippen LogP contribution in [0.2, 0.25) is 0 Å². The minimum atomic E-state index is 0.322. The predicted octanol–water partition coefficient (Wildman–Crippen LogP) is 0.263. The quantitative estimate of drug-likeness (QED) is 0.717. The second-order valence-electron chi connectivity index (χ2n) is 5.43. The minimum absolute atomic E-state index is 0.322. The second kappa shape index (κ2) is 7.82. The lowest BCUT2D eigenvalue weighted by atomic mass is 10.2. The highest BCUT2D eigenvalue weighted by Gasteiger charge is 2.21. The van der Waals surface area contributed by atoms with Crippen LogP contribution in [0.3, 0.4) is 0 Å². The van der Waals surface area contributed by atoms with Gasteiger partial charge in [-0.25, -0.2) is 0 Å². The van der Waals surface area contributed by atoms with Gasteiger partial charge in [-0.05, 0) is 13.0 Å². The zero-order valence-electron chi connectivity index (χ0n) is 12.1. The van der Waals surface area contributed by atoms with Gasteiger partial charge in [-0.3, -0.25) is 14.6 Å². The smallest absolute Gasteiger partial charge is 0.223 e. The van der Waals surface area contributed by atoms with Gasteiger partial charge < -0.3 is 9.64 Å². The first-order valence-corrected chi connectivity index (χ1v) is 7.60. The molecule has 0 atom stereocenters. The zero-order chi connectivity index (χ0) is 13.5. The van der Waals surface area contributed by atoms with E-state index in [1.165, 1.54) is 6.42 Å². The van der Waals surface area contributed by atoms with Gasteiger partial charge in [0, 0.05) is 52.2 Å². The Bertz CT molecular complexity index is 272. The Balaban J connectivity index is 1.63. The molecule has 2 fully saturated rings. The molecule has 0 aromatic rings. The van der Waals surface area contributed by atoms with E-state index in [0.717, 1.165) is 65.6 Å². The fraction of sp³-hybridized carbons (Fsp3) is 0.929. The lowest BCUT2D eigenvalue weighted by molar-refractivity contribution is -0.133. The lowest BCUT2D eigenvalue weighted by Crippen LogP contribution is -2.49. The Morgan fingerprint density at radius 3 is 2.21 bits per heavy atom. The molecule has 19 heavy (non-hydrogen) atoms. The molecule has 0 bridgehead atoms. The van der Waals surface area contributed by atoms with Crippen molar-refractivity contribution in [2.45, 2.75) is 19.8 Å². The van der Waals surface area contributed by atoms with Crippen molar-refractivity contribution in [3.05, 3.63) is 0 Å². The topological polar surface area (TPSA) is 36.0 Å². The highest BCUT2D eigenvalue weighted by Crippen LogP contribution is 2.06. The third-order valence-electron chi connectivity index (χ3n) is 4.01. The minimum Gasteiger partial charge on any atom is -0.379 e. The molecule has 5 heteroatoms. The van der Waals surface area contributed by atoms with Crippen molar-refractivity contribution in [1.82, 2.24) is 14.7 Å². The molecule has 0 unspecified atom stereocenters. The Morgan fingerprint density at radius 1 is 0.947 bits per heavy atom. The fourth-order valence-electron chi connectivity index (χ4n) is 2.77. The van der Waals surface area contributed by atoms with Crippen LogP contribution in [0, 0.1) is 0 Å². The number of hydrogen-bond acceptors (Lipinski definition) is 4. The van der Waals surface area contributed by atoms with Gasteiger partial charge in [-0.15, -0.1) is 0 Å². The van der Waals surface area contributed by atoms with E-state index in [4.69, 9.17) is 4.74 Å². The summed E-state index contributed by atoms with van der Waals surface area (Å²) < 4.78 is 5.32. The molecule has 0 N–H and O–H groups in total. The summed E-state index contributed by atoms with van der Waals surface area (Å²) in [4.78, 5) is 19.0. The summed E-state index contributed by atoms with van der Waals surface area (Å²) in [7, 11) is 0. The van der Waals surface area contributed by atoms with Crippen molar-refractivity contribution < 1.29 is 9.53 Å². The lowest BCUT2D eigenvalue weighted by Gasteiger charge is -2.35. The van der Waals surface area contributed by atoms with Gasteiger partial charge in [0.05, 0.1) is 13.2 Å². The van der Waals surface area contributed by atoms with Crippen LogP contribution in [0.1, 0.15) is 19.8 Å². The number of rotatable bonds is 5. The summed E-state index contributed by atoms with van der Waals surface area (Å²) >= 11 is 0. The molecule has 2 saturated heterocycles. The zero-order valence-corrected chi connectivity index (χ0v) is 12.1. The van der Waals surface area contributed by atoms with Crippen LogP contribution in [-0.2, 0) is 9.53 Å². The molecular weight excluding hydrogens is 242 g/mol. The number of nitrogens with zero attached hydrogens (tertiary/aromatic N) is 3. The van der Waals surface area contributed by atoms with Crippen LogP contribution in [0.25, 0.3) is 0 Å². The van der Waals surface area contributed by atoms with Gasteiger partial charge in [0.25, 0.3) is 0 Å². The van der Waals surface area contributed by atoms with E-state index in [0.29, 0.717) is 12.3 Å². The van der Waals surface area contributed by atoms with E-state index < -0.39 is 0 Å². The number of carbonyl (C=O) groups is 1. The second-order valence-corrected chi connectivity index (χ2v) is 5.43. The number of hydrogen-bond donors (Lipinski definition) is 0. The van der Waals surface area contributed by atoms with E-state index in [1.807, 2.05) is 4.90 Å². The molecule has 0 saturated carbocycles. The summed E-state index contributed by atoms with van der Waals surface area (Å²) in [5.74, 6) is 0.322. The number of ether oxygens (including phenoxy) is 1. The number of carbonyl (C=O) groups excluding carboxylic acids is 1. The Kier molecular flexibility index (Phi) is 6.07. The van der Waals surface area contributed by atoms with Crippen LogP contribution < -0.4 is 0 Å². The van der Waals surface area contributed by atoms with Gasteiger partial charge in [-0.2, -0.15) is 0 Å². The molecular formula is C14H27N3O2.